The molecule has 0 radical (unpaired) electrons. The van der Waals surface area contributed by atoms with Crippen LogP contribution in [-0.2, 0) is 16.0 Å². The van der Waals surface area contributed by atoms with Crippen LogP contribution < -0.4 is 5.32 Å². The van der Waals surface area contributed by atoms with E-state index in [0.29, 0.717) is 37.5 Å². The normalized spacial score (nSPS) is 25.6. The lowest BCUT2D eigenvalue weighted by atomic mass is 9.95. The van der Waals surface area contributed by atoms with Gasteiger partial charge in [-0.25, -0.2) is 0 Å². The number of aromatic nitrogens is 2. The number of carboxylic acids is 1. The number of hydrogen-bond donors (Lipinski definition) is 2. The zero-order valence-electron chi connectivity index (χ0n) is 11.6. The number of amides is 1. The van der Waals surface area contributed by atoms with Gasteiger partial charge in [0.25, 0.3) is 0 Å². The maximum Gasteiger partial charge on any atom is 0.307 e. The van der Waals surface area contributed by atoms with Crippen molar-refractivity contribution < 1.29 is 19.2 Å². The molecule has 1 aromatic heterocycles. The van der Waals surface area contributed by atoms with Crippen molar-refractivity contribution in [3.05, 3.63) is 11.7 Å². The van der Waals surface area contributed by atoms with Crippen LogP contribution in [0, 0.1) is 24.7 Å². The van der Waals surface area contributed by atoms with E-state index in [9.17, 15) is 9.59 Å². The Morgan fingerprint density at radius 3 is 2.70 bits per heavy atom. The largest absolute Gasteiger partial charge is 0.481 e. The molecule has 7 heteroatoms. The van der Waals surface area contributed by atoms with Crippen molar-refractivity contribution >= 4 is 11.9 Å². The van der Waals surface area contributed by atoms with Crippen molar-refractivity contribution in [2.75, 3.05) is 6.54 Å². The minimum absolute atomic E-state index is 0.196. The van der Waals surface area contributed by atoms with Gasteiger partial charge in [0.2, 0.25) is 11.8 Å². The van der Waals surface area contributed by atoms with E-state index in [0.717, 1.165) is 0 Å². The highest BCUT2D eigenvalue weighted by atomic mass is 16.5. The van der Waals surface area contributed by atoms with Gasteiger partial charge in [-0.1, -0.05) is 12.1 Å². The lowest BCUT2D eigenvalue weighted by Gasteiger charge is -2.14. The third kappa shape index (κ3) is 3.34. The fourth-order valence-electron chi connectivity index (χ4n) is 2.72. The summed E-state index contributed by atoms with van der Waals surface area (Å²) in [6.45, 7) is 4.07. The van der Waals surface area contributed by atoms with Crippen molar-refractivity contribution in [2.45, 2.75) is 33.1 Å². The molecule has 2 N–H and O–H groups in total. The van der Waals surface area contributed by atoms with Crippen LogP contribution in [0.3, 0.4) is 0 Å². The fraction of sp³-hybridized carbons (Fsp3) is 0.692. The summed E-state index contributed by atoms with van der Waals surface area (Å²) in [6, 6.07) is 0. The first-order valence-electron chi connectivity index (χ1n) is 6.77. The Morgan fingerprint density at radius 1 is 1.40 bits per heavy atom. The molecule has 1 aromatic rings. The first kappa shape index (κ1) is 14.5. The van der Waals surface area contributed by atoms with Gasteiger partial charge in [-0.2, -0.15) is 4.98 Å². The van der Waals surface area contributed by atoms with E-state index in [1.807, 2.05) is 6.92 Å². The SMILES string of the molecule is Cc1noc(CCNC(=O)[C@H]2CC(C)C[C@H]2C(=O)O)n1. The lowest BCUT2D eigenvalue weighted by molar-refractivity contribution is -0.146. The van der Waals surface area contributed by atoms with Crippen molar-refractivity contribution in [3.63, 3.8) is 0 Å². The molecule has 0 bridgehead atoms. The van der Waals surface area contributed by atoms with E-state index in [1.165, 1.54) is 0 Å². The smallest absolute Gasteiger partial charge is 0.307 e. The average molecular weight is 281 g/mol. The average Bonchev–Trinajstić information content (AvgIpc) is 2.95. The minimum Gasteiger partial charge on any atom is -0.481 e. The van der Waals surface area contributed by atoms with Gasteiger partial charge in [0.15, 0.2) is 5.82 Å². The number of hydrogen-bond acceptors (Lipinski definition) is 5. The lowest BCUT2D eigenvalue weighted by Crippen LogP contribution is -2.36. The number of rotatable bonds is 5. The molecule has 1 aliphatic rings. The van der Waals surface area contributed by atoms with Gasteiger partial charge in [-0.15, -0.1) is 0 Å². The summed E-state index contributed by atoms with van der Waals surface area (Å²) in [5.74, 6) is -0.799. The monoisotopic (exact) mass is 281 g/mol. The van der Waals surface area contributed by atoms with E-state index < -0.39 is 17.8 Å². The highest BCUT2D eigenvalue weighted by molar-refractivity contribution is 5.85. The summed E-state index contributed by atoms with van der Waals surface area (Å²) in [5.41, 5.74) is 0. The van der Waals surface area contributed by atoms with Gasteiger partial charge in [-0.05, 0) is 25.7 Å². The molecule has 0 aliphatic heterocycles. The Hall–Kier alpha value is -1.92. The molecule has 7 nitrogen and oxygen atoms in total. The highest BCUT2D eigenvalue weighted by Gasteiger charge is 2.40. The number of carboxylic acid groups (broad SMARTS) is 1. The molecule has 1 aliphatic carbocycles. The van der Waals surface area contributed by atoms with Crippen LogP contribution in [0.2, 0.25) is 0 Å². The Balaban J connectivity index is 1.83. The standard InChI is InChI=1S/C13H19N3O4/c1-7-5-9(10(6-7)13(18)19)12(17)14-4-3-11-15-8(2)16-20-11/h7,9-10H,3-6H2,1-2H3,(H,14,17)(H,18,19)/t7?,9-,10+/m0/s1. The van der Waals surface area contributed by atoms with E-state index in [4.69, 9.17) is 9.63 Å². The van der Waals surface area contributed by atoms with Crippen LogP contribution >= 0.6 is 0 Å². The quantitative estimate of drug-likeness (QED) is 0.826. The summed E-state index contributed by atoms with van der Waals surface area (Å²) < 4.78 is 4.94. The van der Waals surface area contributed by atoms with Crippen molar-refractivity contribution in [3.8, 4) is 0 Å². The number of carbonyl (C=O) groups excluding carboxylic acids is 1. The third-order valence-electron chi connectivity index (χ3n) is 3.66. The second-order valence-corrected chi connectivity index (χ2v) is 5.40. The minimum atomic E-state index is -0.887. The highest BCUT2D eigenvalue weighted by Crippen LogP contribution is 2.36. The Morgan fingerprint density at radius 2 is 2.10 bits per heavy atom. The van der Waals surface area contributed by atoms with Crippen molar-refractivity contribution in [1.82, 2.24) is 15.5 Å². The van der Waals surface area contributed by atoms with Gasteiger partial charge >= 0.3 is 5.97 Å². The van der Waals surface area contributed by atoms with Crippen LogP contribution in [0.25, 0.3) is 0 Å². The molecule has 1 heterocycles. The molecule has 0 saturated heterocycles. The topological polar surface area (TPSA) is 105 Å². The predicted molar refractivity (Wildman–Crippen MR) is 68.8 cm³/mol. The van der Waals surface area contributed by atoms with Crippen molar-refractivity contribution in [1.29, 1.82) is 0 Å². The molecule has 1 fully saturated rings. The third-order valence-corrected chi connectivity index (χ3v) is 3.66. The second kappa shape index (κ2) is 6.02. The van der Waals surface area contributed by atoms with Crippen LogP contribution in [0.4, 0.5) is 0 Å². The van der Waals surface area contributed by atoms with Gasteiger partial charge in [-0.3, -0.25) is 9.59 Å². The predicted octanol–water partition coefficient (Wildman–Crippen LogP) is 0.784. The van der Waals surface area contributed by atoms with Crippen LogP contribution in [-0.4, -0.2) is 33.7 Å². The summed E-state index contributed by atoms with van der Waals surface area (Å²) in [5, 5.41) is 15.6. The molecule has 0 spiro atoms. The van der Waals surface area contributed by atoms with Crippen LogP contribution in [0.15, 0.2) is 4.52 Å². The van der Waals surface area contributed by atoms with Crippen molar-refractivity contribution in [2.24, 2.45) is 17.8 Å². The van der Waals surface area contributed by atoms with Crippen LogP contribution in [0.5, 0.6) is 0 Å². The number of nitrogens with one attached hydrogen (secondary N) is 1. The van der Waals surface area contributed by atoms with Gasteiger partial charge in [0.05, 0.1) is 11.8 Å². The van der Waals surface area contributed by atoms with Gasteiger partial charge in [0.1, 0.15) is 0 Å². The first-order valence-corrected chi connectivity index (χ1v) is 6.77. The molecule has 0 aromatic carbocycles. The van der Waals surface area contributed by atoms with E-state index in [-0.39, 0.29) is 11.8 Å². The van der Waals surface area contributed by atoms with Gasteiger partial charge < -0.3 is 14.9 Å². The maximum atomic E-state index is 12.1. The Labute approximate surface area is 116 Å². The number of aryl methyl sites for hydroxylation is 1. The summed E-state index contributed by atoms with van der Waals surface area (Å²) in [4.78, 5) is 27.2. The maximum absolute atomic E-state index is 12.1. The van der Waals surface area contributed by atoms with E-state index in [2.05, 4.69) is 15.5 Å². The Bertz CT molecular complexity index is 500. The molecule has 1 amide bonds. The molecule has 3 atom stereocenters. The number of nitrogens with zero attached hydrogens (tertiary/aromatic N) is 2. The molecular formula is C13H19N3O4. The second-order valence-electron chi connectivity index (χ2n) is 5.40. The zero-order chi connectivity index (χ0) is 14.7. The molecule has 1 unspecified atom stereocenters. The number of aliphatic carboxylic acids is 1. The fourth-order valence-corrected chi connectivity index (χ4v) is 2.72. The Kier molecular flexibility index (Phi) is 4.36. The van der Waals surface area contributed by atoms with E-state index in [1.54, 1.807) is 6.92 Å². The molecule has 2 rings (SSSR count). The van der Waals surface area contributed by atoms with E-state index >= 15 is 0 Å². The zero-order valence-corrected chi connectivity index (χ0v) is 11.6. The molecule has 110 valence electrons. The first-order chi connectivity index (χ1) is 9.47. The molecule has 1 saturated carbocycles. The molecular weight excluding hydrogens is 262 g/mol. The summed E-state index contributed by atoms with van der Waals surface area (Å²) in [7, 11) is 0. The van der Waals surface area contributed by atoms with Gasteiger partial charge in [0, 0.05) is 13.0 Å². The van der Waals surface area contributed by atoms with Crippen LogP contribution in [0.1, 0.15) is 31.5 Å². The summed E-state index contributed by atoms with van der Waals surface area (Å²) in [6.07, 6.45) is 1.64. The summed E-state index contributed by atoms with van der Waals surface area (Å²) >= 11 is 0. The number of carbonyl (C=O) groups is 2. The molecule has 20 heavy (non-hydrogen) atoms.